The lowest BCUT2D eigenvalue weighted by Gasteiger charge is -2.11. The lowest BCUT2D eigenvalue weighted by molar-refractivity contribution is 0.953. The molecule has 0 bridgehead atoms. The highest BCUT2D eigenvalue weighted by Gasteiger charge is 2.19. The first-order valence-corrected chi connectivity index (χ1v) is 17.1. The lowest BCUT2D eigenvalue weighted by atomic mass is 10.0. The Morgan fingerprint density at radius 3 is 1.61 bits per heavy atom. The average Bonchev–Trinajstić information content (AvgIpc) is 3.70. The average molecular weight is 656 g/mol. The molecule has 9 aromatic rings. The van der Waals surface area contributed by atoms with Gasteiger partial charge in [0.05, 0.1) is 22.1 Å². The quantitative estimate of drug-likeness (QED) is 0.161. The number of aromatic nitrogens is 5. The fourth-order valence-corrected chi connectivity index (χ4v) is 7.19. The van der Waals surface area contributed by atoms with Crippen LogP contribution in [0.4, 0.5) is 0 Å². The molecule has 5 nitrogen and oxygen atoms in total. The van der Waals surface area contributed by atoms with Gasteiger partial charge in [-0.05, 0) is 66.6 Å². The molecular weight excluding hydrogens is 623 g/mol. The molecule has 3 heterocycles. The van der Waals surface area contributed by atoms with E-state index in [1.807, 2.05) is 73.7 Å². The number of benzene rings is 6. The molecule has 242 valence electrons. The molecule has 0 N–H and O–H groups in total. The van der Waals surface area contributed by atoms with Gasteiger partial charge in [0.15, 0.2) is 11.6 Å². The smallest absolute Gasteiger partial charge is 0.238 e. The van der Waals surface area contributed by atoms with Gasteiger partial charge in [-0.3, -0.25) is 4.57 Å². The second kappa shape index (κ2) is 12.6. The van der Waals surface area contributed by atoms with E-state index in [1.165, 1.54) is 10.8 Å². The Hall–Kier alpha value is -6.85. The summed E-state index contributed by atoms with van der Waals surface area (Å²) in [6.45, 7) is 6.02. The first-order valence-electron chi connectivity index (χ1n) is 17.1. The van der Waals surface area contributed by atoms with E-state index in [4.69, 9.17) is 15.0 Å². The third kappa shape index (κ3) is 5.15. The Balaban J connectivity index is 1.24. The van der Waals surface area contributed by atoms with Gasteiger partial charge in [-0.15, -0.1) is 0 Å². The van der Waals surface area contributed by atoms with Crippen molar-refractivity contribution in [3.63, 3.8) is 0 Å². The van der Waals surface area contributed by atoms with Crippen molar-refractivity contribution in [1.29, 1.82) is 0 Å². The summed E-state index contributed by atoms with van der Waals surface area (Å²) in [6.07, 6.45) is 8.10. The molecule has 0 aliphatic carbocycles. The third-order valence-electron chi connectivity index (χ3n) is 9.45. The van der Waals surface area contributed by atoms with Crippen LogP contribution in [0.15, 0.2) is 176 Å². The number of hydrogen-bond acceptors (Lipinski definition) is 3. The number of para-hydroxylation sites is 2. The van der Waals surface area contributed by atoms with E-state index in [0.29, 0.717) is 17.6 Å². The van der Waals surface area contributed by atoms with E-state index >= 15 is 0 Å². The molecule has 3 aromatic heterocycles. The van der Waals surface area contributed by atoms with Crippen molar-refractivity contribution < 1.29 is 0 Å². The van der Waals surface area contributed by atoms with Gasteiger partial charge in [-0.2, -0.15) is 9.97 Å². The van der Waals surface area contributed by atoms with Crippen molar-refractivity contribution in [2.24, 2.45) is 0 Å². The summed E-state index contributed by atoms with van der Waals surface area (Å²) in [4.78, 5) is 15.1. The topological polar surface area (TPSA) is 48.5 Å². The van der Waals surface area contributed by atoms with E-state index < -0.39 is 0 Å². The van der Waals surface area contributed by atoms with Gasteiger partial charge < -0.3 is 4.57 Å². The molecule has 0 radical (unpaired) electrons. The number of nitrogens with zero attached hydrogens (tertiary/aromatic N) is 5. The molecule has 0 saturated heterocycles. The van der Waals surface area contributed by atoms with Gasteiger partial charge in [0.25, 0.3) is 0 Å². The van der Waals surface area contributed by atoms with Crippen LogP contribution in [0.5, 0.6) is 0 Å². The van der Waals surface area contributed by atoms with Gasteiger partial charge >= 0.3 is 0 Å². The van der Waals surface area contributed by atoms with Gasteiger partial charge in [0.2, 0.25) is 5.95 Å². The maximum absolute atomic E-state index is 5.08. The highest BCUT2D eigenvalue weighted by Crippen LogP contribution is 2.38. The molecule has 0 fully saturated rings. The minimum atomic E-state index is 0.584. The minimum absolute atomic E-state index is 0.584. The largest absolute Gasteiger partial charge is 0.309 e. The summed E-state index contributed by atoms with van der Waals surface area (Å²) in [5, 5.41) is 4.69. The zero-order chi connectivity index (χ0) is 34.3. The van der Waals surface area contributed by atoms with Crippen LogP contribution in [0.2, 0.25) is 0 Å². The predicted molar refractivity (Wildman–Crippen MR) is 213 cm³/mol. The lowest BCUT2D eigenvalue weighted by Crippen LogP contribution is -2.06. The minimum Gasteiger partial charge on any atom is -0.309 e. The highest BCUT2D eigenvalue weighted by atomic mass is 15.2. The van der Waals surface area contributed by atoms with Crippen LogP contribution in [0.1, 0.15) is 6.92 Å². The molecule has 9 rings (SSSR count). The zero-order valence-corrected chi connectivity index (χ0v) is 28.1. The van der Waals surface area contributed by atoms with Crippen molar-refractivity contribution in [3.05, 3.63) is 176 Å². The number of allylic oxidation sites excluding steroid dienone is 5. The van der Waals surface area contributed by atoms with Crippen LogP contribution in [0.25, 0.3) is 89.2 Å². The normalized spacial score (nSPS) is 12.1. The second-order valence-electron chi connectivity index (χ2n) is 12.5. The summed E-state index contributed by atoms with van der Waals surface area (Å²) < 4.78 is 4.48. The number of fused-ring (bicyclic) bond motifs is 6. The van der Waals surface area contributed by atoms with Gasteiger partial charge in [0, 0.05) is 38.4 Å². The summed E-state index contributed by atoms with van der Waals surface area (Å²) in [7, 11) is 0. The maximum Gasteiger partial charge on any atom is 0.238 e. The monoisotopic (exact) mass is 655 g/mol. The maximum atomic E-state index is 5.08. The third-order valence-corrected chi connectivity index (χ3v) is 9.45. The Morgan fingerprint density at radius 1 is 0.510 bits per heavy atom. The van der Waals surface area contributed by atoms with Crippen molar-refractivity contribution in [2.75, 3.05) is 0 Å². The molecule has 6 aromatic carbocycles. The standard InChI is InChI=1S/C46H33N5/c1-3-15-35(16-4-2)50-40-23-13-11-21-36(40)38-29-33(25-27-42(38)50)34-26-28-43-39(30-34)37-22-12-14-24-41(37)51(43)46-48-44(31-17-7-5-8-18-31)47-45(49-46)32-19-9-6-10-20-32/h3-30H,1H2,2H3/b16-4-,35-15+. The van der Waals surface area contributed by atoms with E-state index in [9.17, 15) is 0 Å². The Morgan fingerprint density at radius 2 is 1.00 bits per heavy atom. The number of hydrogen-bond donors (Lipinski definition) is 0. The Bertz CT molecular complexity index is 2760. The summed E-state index contributed by atoms with van der Waals surface area (Å²) in [6, 6.07) is 50.8. The van der Waals surface area contributed by atoms with Crippen LogP contribution in [0.3, 0.4) is 0 Å². The molecule has 51 heavy (non-hydrogen) atoms. The van der Waals surface area contributed by atoms with Crippen molar-refractivity contribution in [1.82, 2.24) is 24.1 Å². The van der Waals surface area contributed by atoms with Crippen LogP contribution < -0.4 is 0 Å². The van der Waals surface area contributed by atoms with Crippen LogP contribution >= 0.6 is 0 Å². The van der Waals surface area contributed by atoms with E-state index in [0.717, 1.165) is 60.8 Å². The first kappa shape index (κ1) is 30.2. The molecule has 0 atom stereocenters. The highest BCUT2D eigenvalue weighted by molar-refractivity contribution is 6.13. The van der Waals surface area contributed by atoms with E-state index in [1.54, 1.807) is 0 Å². The van der Waals surface area contributed by atoms with Gasteiger partial charge in [-0.1, -0.05) is 128 Å². The van der Waals surface area contributed by atoms with Crippen LogP contribution in [0, 0.1) is 0 Å². The zero-order valence-electron chi connectivity index (χ0n) is 28.1. The molecule has 0 unspecified atom stereocenters. The van der Waals surface area contributed by atoms with Crippen molar-refractivity contribution in [2.45, 2.75) is 6.92 Å². The second-order valence-corrected chi connectivity index (χ2v) is 12.5. The Labute approximate surface area is 295 Å². The van der Waals surface area contributed by atoms with Crippen molar-refractivity contribution in [3.8, 4) is 39.9 Å². The fraction of sp³-hybridized carbons (Fsp3) is 0.0217. The summed E-state index contributed by atoms with van der Waals surface area (Å²) >= 11 is 0. The SMILES string of the molecule is C=C/C=C(\C=C/C)n1c2ccccc2c2cc(-c3ccc4c(c3)c3ccccc3n4-c3nc(-c4ccccc4)nc(-c4ccccc4)n3)ccc21. The fourth-order valence-electron chi connectivity index (χ4n) is 7.19. The van der Waals surface area contributed by atoms with Crippen LogP contribution in [-0.2, 0) is 0 Å². The van der Waals surface area contributed by atoms with Crippen molar-refractivity contribution >= 4 is 49.3 Å². The van der Waals surface area contributed by atoms with E-state index in [-0.39, 0.29) is 0 Å². The number of rotatable bonds is 7. The molecule has 0 amide bonds. The molecule has 0 aliphatic heterocycles. The molecule has 0 saturated carbocycles. The van der Waals surface area contributed by atoms with Gasteiger partial charge in [-0.25, -0.2) is 4.98 Å². The molecular formula is C46H33N5. The molecule has 0 spiro atoms. The summed E-state index contributed by atoms with van der Waals surface area (Å²) in [5.74, 6) is 1.85. The summed E-state index contributed by atoms with van der Waals surface area (Å²) in [5.41, 5.74) is 9.65. The Kier molecular flexibility index (Phi) is 7.44. The molecule has 0 aliphatic rings. The predicted octanol–water partition coefficient (Wildman–Crippen LogP) is 11.7. The van der Waals surface area contributed by atoms with Crippen LogP contribution in [-0.4, -0.2) is 24.1 Å². The van der Waals surface area contributed by atoms with E-state index in [2.05, 4.69) is 119 Å². The first-order chi connectivity index (χ1) is 25.2. The van der Waals surface area contributed by atoms with Gasteiger partial charge in [0.1, 0.15) is 0 Å². The molecule has 5 heteroatoms.